The van der Waals surface area contributed by atoms with E-state index in [1.165, 1.54) is 12.1 Å². The highest BCUT2D eigenvalue weighted by Gasteiger charge is 2.32. The zero-order valence-corrected chi connectivity index (χ0v) is 22.4. The zero-order valence-electron chi connectivity index (χ0n) is 22.4. The molecule has 1 aromatic heterocycles. The van der Waals surface area contributed by atoms with Crippen LogP contribution < -0.4 is 5.32 Å². The molecule has 6 nitrogen and oxygen atoms in total. The van der Waals surface area contributed by atoms with Gasteiger partial charge in [-0.15, -0.1) is 0 Å². The molecule has 39 heavy (non-hydrogen) atoms. The van der Waals surface area contributed by atoms with Crippen LogP contribution in [-0.4, -0.2) is 32.7 Å². The fraction of sp³-hybridized carbons (Fsp3) is 0.281. The predicted octanol–water partition coefficient (Wildman–Crippen LogP) is 6.63. The third-order valence-electron chi connectivity index (χ3n) is 7.18. The third kappa shape index (κ3) is 5.93. The van der Waals surface area contributed by atoms with Crippen LogP contribution in [0.2, 0.25) is 0 Å². The van der Waals surface area contributed by atoms with Gasteiger partial charge in [-0.2, -0.15) is 0 Å². The number of nitrogens with one attached hydrogen (secondary N) is 1. The smallest absolute Gasteiger partial charge is 0.231 e. The number of Topliss-reactive ketones (excluding diaryl/α,β-unsaturated/α-hetero) is 1. The Bertz CT molecular complexity index is 1450. The van der Waals surface area contributed by atoms with Gasteiger partial charge in [0.25, 0.3) is 0 Å². The van der Waals surface area contributed by atoms with Gasteiger partial charge in [0.2, 0.25) is 5.91 Å². The van der Waals surface area contributed by atoms with Crippen LogP contribution in [0.1, 0.15) is 49.1 Å². The van der Waals surface area contributed by atoms with E-state index in [0.29, 0.717) is 31.7 Å². The normalized spacial score (nSPS) is 13.6. The largest absolute Gasteiger partial charge is 0.340 e. The van der Waals surface area contributed by atoms with E-state index in [1.54, 1.807) is 12.1 Å². The van der Waals surface area contributed by atoms with E-state index in [0.717, 1.165) is 40.4 Å². The zero-order chi connectivity index (χ0) is 27.4. The molecule has 1 N–H and O–H groups in total. The lowest BCUT2D eigenvalue weighted by molar-refractivity contribution is -0.136. The number of ketones is 1. The van der Waals surface area contributed by atoms with E-state index < -0.39 is 5.92 Å². The number of hydrogen-bond acceptors (Lipinski definition) is 4. The highest BCUT2D eigenvalue weighted by molar-refractivity contribution is 5.90. The molecular formula is C32H33FN4O2. The van der Waals surface area contributed by atoms with Crippen molar-refractivity contribution in [1.29, 1.82) is 0 Å². The highest BCUT2D eigenvalue weighted by atomic mass is 19.1. The molecule has 0 saturated heterocycles. The Morgan fingerprint density at radius 1 is 0.974 bits per heavy atom. The summed E-state index contributed by atoms with van der Waals surface area (Å²) >= 11 is 0. The standard InChI is InChI=1S/C32H33FN4O2/c1-3-7-27(38)20-28(23-8-5-4-6-9-23)32(39)36-18-19-37-29(21-36)35-30(24-12-14-25(33)15-13-24)31(37)34-26-16-10-22(2)11-17-26/h4-6,8-17,28,34H,3,7,18-21H2,1-2H3/t28-/m0/s1. The van der Waals surface area contributed by atoms with Crippen molar-refractivity contribution in [2.75, 3.05) is 11.9 Å². The van der Waals surface area contributed by atoms with E-state index in [9.17, 15) is 14.0 Å². The molecule has 0 bridgehead atoms. The van der Waals surface area contributed by atoms with Crippen LogP contribution >= 0.6 is 0 Å². The van der Waals surface area contributed by atoms with E-state index in [-0.39, 0.29) is 23.9 Å². The Kier molecular flexibility index (Phi) is 7.87. The number of carbonyl (C=O) groups is 2. The van der Waals surface area contributed by atoms with Crippen LogP contribution in [-0.2, 0) is 22.7 Å². The van der Waals surface area contributed by atoms with Crippen LogP contribution in [0.25, 0.3) is 11.3 Å². The number of anilines is 2. The number of nitrogens with zero attached hydrogens (tertiary/aromatic N) is 3. The lowest BCUT2D eigenvalue weighted by Gasteiger charge is -2.31. The molecule has 0 fully saturated rings. The summed E-state index contributed by atoms with van der Waals surface area (Å²) in [4.78, 5) is 33.2. The van der Waals surface area contributed by atoms with Gasteiger partial charge in [-0.3, -0.25) is 9.59 Å². The van der Waals surface area contributed by atoms with Gasteiger partial charge in [-0.25, -0.2) is 9.37 Å². The van der Waals surface area contributed by atoms with Crippen LogP contribution in [0.5, 0.6) is 0 Å². The van der Waals surface area contributed by atoms with Gasteiger partial charge >= 0.3 is 0 Å². The van der Waals surface area contributed by atoms with Gasteiger partial charge in [0.1, 0.15) is 28.9 Å². The van der Waals surface area contributed by atoms with Gasteiger partial charge < -0.3 is 14.8 Å². The first kappa shape index (κ1) is 26.4. The summed E-state index contributed by atoms with van der Waals surface area (Å²) in [6, 6.07) is 24.0. The number of benzene rings is 3. The SMILES string of the molecule is CCCC(=O)C[C@H](C(=O)N1CCn2c(nc(-c3ccc(F)cc3)c2Nc2ccc(C)cc2)C1)c1ccccc1. The summed E-state index contributed by atoms with van der Waals surface area (Å²) in [6.07, 6.45) is 1.43. The number of aromatic nitrogens is 2. The molecule has 0 spiro atoms. The summed E-state index contributed by atoms with van der Waals surface area (Å²) in [5.41, 5.74) is 4.43. The van der Waals surface area contributed by atoms with Crippen molar-refractivity contribution in [2.24, 2.45) is 0 Å². The Balaban J connectivity index is 1.47. The van der Waals surface area contributed by atoms with Crippen LogP contribution in [0.3, 0.4) is 0 Å². The average molecular weight is 525 g/mol. The number of rotatable bonds is 9. The molecule has 7 heteroatoms. The molecule has 4 aromatic rings. The number of fused-ring (bicyclic) bond motifs is 1. The van der Waals surface area contributed by atoms with Crippen LogP contribution in [0.4, 0.5) is 15.9 Å². The van der Waals surface area contributed by atoms with Crippen molar-refractivity contribution < 1.29 is 14.0 Å². The van der Waals surface area contributed by atoms with E-state index in [4.69, 9.17) is 4.98 Å². The van der Waals surface area contributed by atoms with E-state index in [2.05, 4.69) is 9.88 Å². The number of hydrogen-bond donors (Lipinski definition) is 1. The second-order valence-corrected chi connectivity index (χ2v) is 10.1. The second kappa shape index (κ2) is 11.6. The minimum atomic E-state index is -0.520. The monoisotopic (exact) mass is 524 g/mol. The summed E-state index contributed by atoms with van der Waals surface area (Å²) in [5.74, 6) is 0.767. The van der Waals surface area contributed by atoms with Crippen molar-refractivity contribution in [3.63, 3.8) is 0 Å². The fourth-order valence-electron chi connectivity index (χ4n) is 5.09. The molecule has 0 radical (unpaired) electrons. The highest BCUT2D eigenvalue weighted by Crippen LogP contribution is 2.34. The topological polar surface area (TPSA) is 67.2 Å². The number of carbonyl (C=O) groups excluding carboxylic acids is 2. The van der Waals surface area contributed by atoms with Gasteiger partial charge in [-0.05, 0) is 55.3 Å². The predicted molar refractivity (Wildman–Crippen MR) is 151 cm³/mol. The quantitative estimate of drug-likeness (QED) is 0.267. The van der Waals surface area contributed by atoms with Gasteiger partial charge in [0.05, 0.1) is 12.5 Å². The average Bonchev–Trinajstić information content (AvgIpc) is 3.31. The molecule has 1 aliphatic heterocycles. The Morgan fingerprint density at radius 3 is 2.38 bits per heavy atom. The molecule has 0 aliphatic carbocycles. The summed E-state index contributed by atoms with van der Waals surface area (Å²) in [6.45, 7) is 5.39. The molecule has 1 atom stereocenters. The molecule has 3 aromatic carbocycles. The molecule has 0 unspecified atom stereocenters. The maximum absolute atomic E-state index is 13.8. The lowest BCUT2D eigenvalue weighted by atomic mass is 9.91. The molecular weight excluding hydrogens is 491 g/mol. The summed E-state index contributed by atoms with van der Waals surface area (Å²) < 4.78 is 15.8. The maximum atomic E-state index is 13.8. The number of halogens is 1. The van der Waals surface area contributed by atoms with Gasteiger partial charge in [0, 0.05) is 37.2 Å². The lowest BCUT2D eigenvalue weighted by Crippen LogP contribution is -2.41. The van der Waals surface area contributed by atoms with Crippen LogP contribution in [0.15, 0.2) is 78.9 Å². The second-order valence-electron chi connectivity index (χ2n) is 10.1. The molecule has 200 valence electrons. The van der Waals surface area contributed by atoms with Crippen molar-refractivity contribution >= 4 is 23.2 Å². The molecule has 1 aliphatic rings. The Morgan fingerprint density at radius 2 is 1.69 bits per heavy atom. The van der Waals surface area contributed by atoms with Gasteiger partial charge in [-0.1, -0.05) is 55.0 Å². The van der Waals surface area contributed by atoms with Crippen molar-refractivity contribution in [3.8, 4) is 11.3 Å². The van der Waals surface area contributed by atoms with E-state index in [1.807, 2.05) is 73.3 Å². The van der Waals surface area contributed by atoms with Crippen LogP contribution in [0, 0.1) is 12.7 Å². The third-order valence-corrected chi connectivity index (χ3v) is 7.18. The molecule has 5 rings (SSSR count). The number of amides is 1. The van der Waals surface area contributed by atoms with Gasteiger partial charge in [0.15, 0.2) is 0 Å². The first-order valence-corrected chi connectivity index (χ1v) is 13.5. The Hall–Kier alpha value is -4.26. The van der Waals surface area contributed by atoms with Crippen molar-refractivity contribution in [2.45, 2.75) is 52.1 Å². The summed E-state index contributed by atoms with van der Waals surface area (Å²) in [7, 11) is 0. The fourth-order valence-corrected chi connectivity index (χ4v) is 5.09. The molecule has 0 saturated carbocycles. The summed E-state index contributed by atoms with van der Waals surface area (Å²) in [5, 5.41) is 3.51. The first-order valence-electron chi connectivity index (χ1n) is 13.5. The van der Waals surface area contributed by atoms with Crippen molar-refractivity contribution in [1.82, 2.24) is 14.5 Å². The van der Waals surface area contributed by atoms with Crippen molar-refractivity contribution in [3.05, 3.63) is 102 Å². The molecule has 2 heterocycles. The maximum Gasteiger partial charge on any atom is 0.231 e. The first-order chi connectivity index (χ1) is 18.9. The Labute approximate surface area is 228 Å². The number of aryl methyl sites for hydroxylation is 1. The minimum absolute atomic E-state index is 0.0590. The minimum Gasteiger partial charge on any atom is -0.340 e. The molecule has 1 amide bonds. The van der Waals surface area contributed by atoms with E-state index >= 15 is 0 Å². The number of imidazole rings is 1.